The Morgan fingerprint density at radius 3 is 2.46 bits per heavy atom. The first-order valence-electron chi connectivity index (χ1n) is 8.39. The molecule has 0 bridgehead atoms. The summed E-state index contributed by atoms with van der Waals surface area (Å²) >= 11 is 1.54. The monoisotopic (exact) mass is 428 g/mol. The molecule has 0 radical (unpaired) electrons. The molecule has 28 heavy (non-hydrogen) atoms. The van der Waals surface area contributed by atoms with Crippen molar-refractivity contribution in [2.45, 2.75) is 11.8 Å². The smallest absolute Gasteiger partial charge is 0.246 e. The average Bonchev–Trinajstić information content (AvgIpc) is 3.06. The van der Waals surface area contributed by atoms with Crippen LogP contribution in [0.15, 0.2) is 29.4 Å². The van der Waals surface area contributed by atoms with Gasteiger partial charge in [0.1, 0.15) is 21.9 Å². The molecular formula is C17H15F3N4O2S2. The number of hydrogen-bond acceptors (Lipinski definition) is 6. The number of fused-ring (bicyclic) bond motifs is 1. The van der Waals surface area contributed by atoms with Crippen molar-refractivity contribution in [3.8, 4) is 0 Å². The highest BCUT2D eigenvalue weighted by molar-refractivity contribution is 7.89. The number of piperazine rings is 1. The van der Waals surface area contributed by atoms with Crippen LogP contribution in [0.25, 0.3) is 10.2 Å². The van der Waals surface area contributed by atoms with Crippen molar-refractivity contribution >= 4 is 37.4 Å². The summed E-state index contributed by atoms with van der Waals surface area (Å²) in [6, 6.07) is 3.34. The summed E-state index contributed by atoms with van der Waals surface area (Å²) in [5, 5.41) is 0.896. The van der Waals surface area contributed by atoms with Gasteiger partial charge in [0.25, 0.3) is 0 Å². The Bertz CT molecular complexity index is 1160. The minimum Gasteiger partial charge on any atom is -0.353 e. The van der Waals surface area contributed by atoms with Crippen molar-refractivity contribution < 1.29 is 21.6 Å². The first-order chi connectivity index (χ1) is 13.3. The maximum atomic E-state index is 14.0. The molecule has 1 aliphatic heterocycles. The normalized spacial score (nSPS) is 16.1. The minimum atomic E-state index is -4.28. The minimum absolute atomic E-state index is 0.0649. The van der Waals surface area contributed by atoms with Crippen LogP contribution in [0.5, 0.6) is 0 Å². The van der Waals surface area contributed by atoms with E-state index in [2.05, 4.69) is 9.97 Å². The van der Waals surface area contributed by atoms with Crippen LogP contribution in [-0.4, -0.2) is 48.9 Å². The van der Waals surface area contributed by atoms with Crippen LogP contribution in [0.1, 0.15) is 4.88 Å². The lowest BCUT2D eigenvalue weighted by molar-refractivity contribution is 0.377. The van der Waals surface area contributed by atoms with Crippen LogP contribution < -0.4 is 4.90 Å². The molecule has 0 saturated carbocycles. The van der Waals surface area contributed by atoms with E-state index in [-0.39, 0.29) is 13.1 Å². The topological polar surface area (TPSA) is 66.4 Å². The summed E-state index contributed by atoms with van der Waals surface area (Å²) in [5.41, 5.74) is 0. The molecule has 2 aromatic heterocycles. The second-order valence-corrected chi connectivity index (χ2v) is 9.48. The highest BCUT2D eigenvalue weighted by Crippen LogP contribution is 2.31. The fourth-order valence-electron chi connectivity index (χ4n) is 3.20. The molecule has 0 N–H and O–H groups in total. The van der Waals surface area contributed by atoms with E-state index in [0.29, 0.717) is 25.0 Å². The first kappa shape index (κ1) is 19.1. The number of sulfonamides is 1. The van der Waals surface area contributed by atoms with Gasteiger partial charge < -0.3 is 4.90 Å². The maximum absolute atomic E-state index is 14.0. The van der Waals surface area contributed by atoms with Gasteiger partial charge in [0.2, 0.25) is 10.0 Å². The predicted octanol–water partition coefficient (Wildman–Crippen LogP) is 2.93. The zero-order chi connectivity index (χ0) is 20.1. The number of aryl methyl sites for hydroxylation is 1. The molecule has 4 rings (SSSR count). The second kappa shape index (κ2) is 6.98. The Labute approximate surface area is 163 Å². The van der Waals surface area contributed by atoms with Crippen molar-refractivity contribution in [3.05, 3.63) is 46.9 Å². The van der Waals surface area contributed by atoms with Crippen molar-refractivity contribution in [2.24, 2.45) is 0 Å². The van der Waals surface area contributed by atoms with Gasteiger partial charge in [-0.1, -0.05) is 0 Å². The molecule has 3 heterocycles. The van der Waals surface area contributed by atoms with Crippen molar-refractivity contribution in [1.82, 2.24) is 14.3 Å². The summed E-state index contributed by atoms with van der Waals surface area (Å²) < 4.78 is 67.0. The zero-order valence-electron chi connectivity index (χ0n) is 14.7. The fourth-order valence-corrected chi connectivity index (χ4v) is 5.52. The molecule has 3 aromatic rings. The molecule has 0 unspecified atom stereocenters. The van der Waals surface area contributed by atoms with E-state index < -0.39 is 32.4 Å². The SMILES string of the molecule is Cc1cc2c(N3CCN(S(=O)(=O)c4ccc(F)c(F)c4F)CC3)ncnc2s1. The Morgan fingerprint density at radius 1 is 1.04 bits per heavy atom. The first-order valence-corrected chi connectivity index (χ1v) is 10.6. The van der Waals surface area contributed by atoms with Crippen molar-refractivity contribution in [3.63, 3.8) is 0 Å². The Kier molecular flexibility index (Phi) is 4.76. The molecular weight excluding hydrogens is 413 g/mol. The van der Waals surface area contributed by atoms with E-state index in [0.717, 1.165) is 25.5 Å². The van der Waals surface area contributed by atoms with Gasteiger partial charge in [-0.25, -0.2) is 31.6 Å². The van der Waals surface area contributed by atoms with E-state index in [1.807, 2.05) is 17.9 Å². The molecule has 11 heteroatoms. The van der Waals surface area contributed by atoms with Crippen LogP contribution in [0, 0.1) is 24.4 Å². The molecule has 6 nitrogen and oxygen atoms in total. The highest BCUT2D eigenvalue weighted by atomic mass is 32.2. The van der Waals surface area contributed by atoms with Gasteiger partial charge in [0.05, 0.1) is 5.39 Å². The van der Waals surface area contributed by atoms with E-state index in [9.17, 15) is 21.6 Å². The lowest BCUT2D eigenvalue weighted by Crippen LogP contribution is -2.49. The van der Waals surface area contributed by atoms with Gasteiger partial charge in [0.15, 0.2) is 17.5 Å². The van der Waals surface area contributed by atoms with Crippen LogP contribution >= 0.6 is 11.3 Å². The van der Waals surface area contributed by atoms with Crippen molar-refractivity contribution in [1.29, 1.82) is 0 Å². The third-order valence-corrected chi connectivity index (χ3v) is 7.46. The number of anilines is 1. The summed E-state index contributed by atoms with van der Waals surface area (Å²) in [4.78, 5) is 11.6. The van der Waals surface area contributed by atoms with Gasteiger partial charge in [-0.05, 0) is 25.1 Å². The summed E-state index contributed by atoms with van der Waals surface area (Å²) in [6.45, 7) is 2.75. The van der Waals surface area contributed by atoms with Gasteiger partial charge in [-0.2, -0.15) is 4.31 Å². The molecule has 1 fully saturated rings. The summed E-state index contributed by atoms with van der Waals surface area (Å²) in [6.07, 6.45) is 1.47. The molecule has 0 spiro atoms. The van der Waals surface area contributed by atoms with Crippen LogP contribution in [0.3, 0.4) is 0 Å². The predicted molar refractivity (Wildman–Crippen MR) is 99.4 cm³/mol. The lowest BCUT2D eigenvalue weighted by Gasteiger charge is -2.34. The molecule has 0 aliphatic carbocycles. The van der Waals surface area contributed by atoms with E-state index >= 15 is 0 Å². The van der Waals surface area contributed by atoms with E-state index in [1.165, 1.54) is 6.33 Å². The maximum Gasteiger partial charge on any atom is 0.246 e. The number of halogens is 3. The van der Waals surface area contributed by atoms with E-state index in [4.69, 9.17) is 0 Å². The number of rotatable bonds is 3. The van der Waals surface area contributed by atoms with Crippen LogP contribution in [0.2, 0.25) is 0 Å². The highest BCUT2D eigenvalue weighted by Gasteiger charge is 2.33. The number of nitrogens with zero attached hydrogens (tertiary/aromatic N) is 4. The third kappa shape index (κ3) is 3.12. The summed E-state index contributed by atoms with van der Waals surface area (Å²) in [7, 11) is -4.28. The van der Waals surface area contributed by atoms with Gasteiger partial charge >= 0.3 is 0 Å². The molecule has 148 valence electrons. The fraction of sp³-hybridized carbons (Fsp3) is 0.294. The molecule has 1 saturated heterocycles. The number of benzene rings is 1. The van der Waals surface area contributed by atoms with Crippen LogP contribution in [0.4, 0.5) is 19.0 Å². The molecule has 1 aliphatic rings. The summed E-state index contributed by atoms with van der Waals surface area (Å²) in [5.74, 6) is -4.21. The van der Waals surface area contributed by atoms with Gasteiger partial charge in [0, 0.05) is 31.1 Å². The zero-order valence-corrected chi connectivity index (χ0v) is 16.3. The Morgan fingerprint density at radius 2 is 1.75 bits per heavy atom. The molecule has 0 amide bonds. The standard InChI is InChI=1S/C17H15F3N4O2S2/c1-10-8-11-16(21-9-22-17(11)27-10)23-4-6-24(7-5-23)28(25,26)13-3-2-12(18)14(19)15(13)20/h2-3,8-9H,4-7H2,1H3. The number of hydrogen-bond donors (Lipinski definition) is 0. The lowest BCUT2D eigenvalue weighted by atomic mass is 10.3. The van der Waals surface area contributed by atoms with Gasteiger partial charge in [-0.15, -0.1) is 11.3 Å². The Balaban J connectivity index is 1.58. The quantitative estimate of drug-likeness (QED) is 0.600. The van der Waals surface area contributed by atoms with Crippen LogP contribution in [-0.2, 0) is 10.0 Å². The molecule has 0 atom stereocenters. The third-order valence-electron chi connectivity index (χ3n) is 4.59. The van der Waals surface area contributed by atoms with Gasteiger partial charge in [-0.3, -0.25) is 0 Å². The second-order valence-electron chi connectivity index (χ2n) is 6.34. The number of aromatic nitrogens is 2. The Hall–Kier alpha value is -2.24. The average molecular weight is 428 g/mol. The number of thiophene rings is 1. The molecule has 1 aromatic carbocycles. The van der Waals surface area contributed by atoms with Crippen molar-refractivity contribution in [2.75, 3.05) is 31.1 Å². The largest absolute Gasteiger partial charge is 0.353 e. The van der Waals surface area contributed by atoms with E-state index in [1.54, 1.807) is 11.3 Å².